The SMILES string of the molecule is CCOc1ccc(CCN2CCN(c3ncccn3)CC2)cc1N. The average Bonchev–Trinajstić information content (AvgIpc) is 2.63. The molecule has 0 atom stereocenters. The van der Waals surface area contributed by atoms with Gasteiger partial charge in [0.2, 0.25) is 5.95 Å². The van der Waals surface area contributed by atoms with Crippen LogP contribution in [0.3, 0.4) is 0 Å². The number of nitrogens with zero attached hydrogens (tertiary/aromatic N) is 4. The standard InChI is InChI=1S/C18H25N5O/c1-2-24-17-5-4-15(14-16(17)19)6-9-22-10-12-23(13-11-22)18-20-7-3-8-21-18/h3-5,7-8,14H,2,6,9-13,19H2,1H3. The van der Waals surface area contributed by atoms with Crippen molar-refractivity contribution in [3.8, 4) is 5.75 Å². The Morgan fingerprint density at radius 2 is 1.88 bits per heavy atom. The molecule has 0 spiro atoms. The van der Waals surface area contributed by atoms with Crippen molar-refractivity contribution >= 4 is 11.6 Å². The molecule has 128 valence electrons. The Labute approximate surface area is 143 Å². The molecule has 1 aliphatic heterocycles. The maximum absolute atomic E-state index is 6.04. The second-order valence-corrected chi connectivity index (χ2v) is 5.93. The summed E-state index contributed by atoms with van der Waals surface area (Å²) in [5.74, 6) is 1.61. The molecule has 0 bridgehead atoms. The summed E-state index contributed by atoms with van der Waals surface area (Å²) in [6.07, 6.45) is 4.59. The number of anilines is 2. The lowest BCUT2D eigenvalue weighted by molar-refractivity contribution is 0.259. The van der Waals surface area contributed by atoms with Gasteiger partial charge < -0.3 is 15.4 Å². The highest BCUT2D eigenvalue weighted by molar-refractivity contribution is 5.54. The minimum absolute atomic E-state index is 0.638. The van der Waals surface area contributed by atoms with E-state index in [9.17, 15) is 0 Å². The minimum atomic E-state index is 0.638. The van der Waals surface area contributed by atoms with Crippen molar-refractivity contribution < 1.29 is 4.74 Å². The Balaban J connectivity index is 1.47. The summed E-state index contributed by atoms with van der Waals surface area (Å²) >= 11 is 0. The van der Waals surface area contributed by atoms with Gasteiger partial charge in [0.05, 0.1) is 12.3 Å². The van der Waals surface area contributed by atoms with Gasteiger partial charge >= 0.3 is 0 Å². The molecule has 24 heavy (non-hydrogen) atoms. The van der Waals surface area contributed by atoms with Gasteiger partial charge in [-0.25, -0.2) is 9.97 Å². The first kappa shape index (κ1) is 16.5. The van der Waals surface area contributed by atoms with Crippen LogP contribution in [0, 0.1) is 0 Å². The fourth-order valence-corrected chi connectivity index (χ4v) is 2.95. The Kier molecular flexibility index (Phi) is 5.48. The highest BCUT2D eigenvalue weighted by atomic mass is 16.5. The Bertz CT molecular complexity index is 641. The third-order valence-corrected chi connectivity index (χ3v) is 4.30. The van der Waals surface area contributed by atoms with Crippen LogP contribution >= 0.6 is 0 Å². The summed E-state index contributed by atoms with van der Waals surface area (Å²) < 4.78 is 5.49. The maximum atomic E-state index is 6.04. The third kappa shape index (κ3) is 4.14. The Morgan fingerprint density at radius 1 is 1.12 bits per heavy atom. The molecule has 6 nitrogen and oxygen atoms in total. The first-order valence-electron chi connectivity index (χ1n) is 8.52. The first-order valence-corrected chi connectivity index (χ1v) is 8.52. The molecule has 1 aromatic heterocycles. The van der Waals surface area contributed by atoms with Crippen molar-refractivity contribution in [1.82, 2.24) is 14.9 Å². The number of hydrogen-bond acceptors (Lipinski definition) is 6. The predicted molar refractivity (Wildman–Crippen MR) is 96.4 cm³/mol. The van der Waals surface area contributed by atoms with E-state index in [0.717, 1.165) is 56.5 Å². The van der Waals surface area contributed by atoms with Crippen molar-refractivity contribution in [2.24, 2.45) is 0 Å². The normalized spacial score (nSPS) is 15.5. The van der Waals surface area contributed by atoms with E-state index in [0.29, 0.717) is 6.61 Å². The molecule has 2 aromatic rings. The van der Waals surface area contributed by atoms with Crippen LogP contribution < -0.4 is 15.4 Å². The lowest BCUT2D eigenvalue weighted by Gasteiger charge is -2.34. The van der Waals surface area contributed by atoms with Crippen LogP contribution in [-0.2, 0) is 6.42 Å². The van der Waals surface area contributed by atoms with Crippen molar-refractivity contribution in [2.45, 2.75) is 13.3 Å². The fourth-order valence-electron chi connectivity index (χ4n) is 2.95. The molecule has 0 aliphatic carbocycles. The van der Waals surface area contributed by atoms with E-state index in [1.165, 1.54) is 5.56 Å². The van der Waals surface area contributed by atoms with Gasteiger partial charge in [-0.15, -0.1) is 0 Å². The molecule has 1 aromatic carbocycles. The van der Waals surface area contributed by atoms with E-state index in [4.69, 9.17) is 10.5 Å². The molecule has 1 saturated heterocycles. The van der Waals surface area contributed by atoms with Crippen molar-refractivity contribution in [3.63, 3.8) is 0 Å². The lowest BCUT2D eigenvalue weighted by atomic mass is 10.1. The van der Waals surface area contributed by atoms with E-state index in [1.807, 2.05) is 25.1 Å². The first-order chi connectivity index (χ1) is 11.8. The van der Waals surface area contributed by atoms with E-state index >= 15 is 0 Å². The molecule has 3 rings (SSSR count). The number of nitrogen functional groups attached to an aromatic ring is 1. The number of piperazine rings is 1. The van der Waals surface area contributed by atoms with Gasteiger partial charge in [-0.1, -0.05) is 6.07 Å². The molecule has 1 fully saturated rings. The molecule has 2 heterocycles. The molecule has 0 saturated carbocycles. The fraction of sp³-hybridized carbons (Fsp3) is 0.444. The largest absolute Gasteiger partial charge is 0.492 e. The van der Waals surface area contributed by atoms with Crippen molar-refractivity contribution in [2.75, 3.05) is 50.0 Å². The van der Waals surface area contributed by atoms with E-state index in [2.05, 4.69) is 25.8 Å². The number of aromatic nitrogens is 2. The zero-order chi connectivity index (χ0) is 16.8. The van der Waals surface area contributed by atoms with Crippen molar-refractivity contribution in [1.29, 1.82) is 0 Å². The summed E-state index contributed by atoms with van der Waals surface area (Å²) in [7, 11) is 0. The van der Waals surface area contributed by atoms with Gasteiger partial charge in [-0.2, -0.15) is 0 Å². The smallest absolute Gasteiger partial charge is 0.225 e. The molecule has 2 N–H and O–H groups in total. The zero-order valence-electron chi connectivity index (χ0n) is 14.2. The summed E-state index contributed by atoms with van der Waals surface area (Å²) in [5, 5.41) is 0. The summed E-state index contributed by atoms with van der Waals surface area (Å²) in [6.45, 7) is 7.64. The van der Waals surface area contributed by atoms with Crippen molar-refractivity contribution in [3.05, 3.63) is 42.2 Å². The van der Waals surface area contributed by atoms with Gasteiger partial charge in [-0.3, -0.25) is 4.90 Å². The topological polar surface area (TPSA) is 67.5 Å². The van der Waals surface area contributed by atoms with Gasteiger partial charge in [0.1, 0.15) is 5.75 Å². The lowest BCUT2D eigenvalue weighted by Crippen LogP contribution is -2.47. The van der Waals surface area contributed by atoms with Crippen LogP contribution in [0.4, 0.5) is 11.6 Å². The number of nitrogens with two attached hydrogens (primary N) is 1. The molecule has 6 heteroatoms. The van der Waals surface area contributed by atoms with Crippen LogP contribution in [0.1, 0.15) is 12.5 Å². The summed E-state index contributed by atoms with van der Waals surface area (Å²) in [4.78, 5) is 13.4. The highest BCUT2D eigenvalue weighted by Gasteiger charge is 2.18. The quantitative estimate of drug-likeness (QED) is 0.817. The monoisotopic (exact) mass is 327 g/mol. The van der Waals surface area contributed by atoms with Crippen LogP contribution in [0.15, 0.2) is 36.7 Å². The Morgan fingerprint density at radius 3 is 2.54 bits per heavy atom. The zero-order valence-corrected chi connectivity index (χ0v) is 14.2. The molecule has 0 unspecified atom stereocenters. The number of ether oxygens (including phenoxy) is 1. The van der Waals surface area contributed by atoms with Gasteiger partial charge in [-0.05, 0) is 37.1 Å². The predicted octanol–water partition coefficient (Wildman–Crippen LogP) is 1.82. The van der Waals surface area contributed by atoms with Crippen LogP contribution in [-0.4, -0.2) is 54.2 Å². The van der Waals surface area contributed by atoms with Crippen LogP contribution in [0.5, 0.6) is 5.75 Å². The molecule has 1 aliphatic rings. The number of hydrogen-bond donors (Lipinski definition) is 1. The van der Waals surface area contributed by atoms with Gasteiger partial charge in [0.25, 0.3) is 0 Å². The van der Waals surface area contributed by atoms with E-state index in [1.54, 1.807) is 12.4 Å². The van der Waals surface area contributed by atoms with Crippen LogP contribution in [0.2, 0.25) is 0 Å². The van der Waals surface area contributed by atoms with E-state index < -0.39 is 0 Å². The number of rotatable bonds is 6. The molecular weight excluding hydrogens is 302 g/mol. The average molecular weight is 327 g/mol. The number of benzene rings is 1. The third-order valence-electron chi connectivity index (χ3n) is 4.30. The second kappa shape index (κ2) is 7.97. The molecular formula is C18H25N5O. The minimum Gasteiger partial charge on any atom is -0.492 e. The van der Waals surface area contributed by atoms with Gasteiger partial charge in [0, 0.05) is 45.1 Å². The highest BCUT2D eigenvalue weighted by Crippen LogP contribution is 2.23. The van der Waals surface area contributed by atoms with Gasteiger partial charge in [0.15, 0.2) is 0 Å². The van der Waals surface area contributed by atoms with E-state index in [-0.39, 0.29) is 0 Å². The summed E-state index contributed by atoms with van der Waals surface area (Å²) in [6, 6.07) is 7.95. The Hall–Kier alpha value is -2.34. The molecule has 0 radical (unpaired) electrons. The molecule has 0 amide bonds. The van der Waals surface area contributed by atoms with Crippen LogP contribution in [0.25, 0.3) is 0 Å². The maximum Gasteiger partial charge on any atom is 0.225 e. The second-order valence-electron chi connectivity index (χ2n) is 5.93. The summed E-state index contributed by atoms with van der Waals surface area (Å²) in [5.41, 5.74) is 8.02.